The maximum Gasteiger partial charge on any atom is 0.0719 e. The first-order chi connectivity index (χ1) is 9.25. The minimum atomic E-state index is 0.410. The van der Waals surface area contributed by atoms with Gasteiger partial charge in [0.1, 0.15) is 0 Å². The first-order valence-corrected chi connectivity index (χ1v) is 6.94. The lowest BCUT2D eigenvalue weighted by molar-refractivity contribution is 0.369. The molecule has 1 atom stereocenters. The van der Waals surface area contributed by atoms with E-state index in [1.54, 1.807) is 0 Å². The number of halogens is 1. The third kappa shape index (κ3) is 2.46. The summed E-state index contributed by atoms with van der Waals surface area (Å²) < 4.78 is 0. The zero-order valence-electron chi connectivity index (χ0n) is 11.0. The third-order valence-corrected chi connectivity index (χ3v) is 3.92. The molecule has 3 rings (SSSR count). The minimum absolute atomic E-state index is 0.410. The molecular formula is C16H17ClN2. The van der Waals surface area contributed by atoms with Crippen LogP contribution in [0, 0.1) is 0 Å². The van der Waals surface area contributed by atoms with Gasteiger partial charge in [-0.05, 0) is 36.2 Å². The summed E-state index contributed by atoms with van der Waals surface area (Å²) in [6, 6.07) is 19.2. The fourth-order valence-electron chi connectivity index (χ4n) is 2.73. The lowest BCUT2D eigenvalue weighted by Gasteiger charge is -2.32. The Kier molecular flexibility index (Phi) is 3.45. The van der Waals surface area contributed by atoms with E-state index in [9.17, 15) is 0 Å². The topological polar surface area (TPSA) is 6.48 Å². The Morgan fingerprint density at radius 2 is 1.68 bits per heavy atom. The van der Waals surface area contributed by atoms with Gasteiger partial charge in [-0.25, -0.2) is 5.01 Å². The highest BCUT2D eigenvalue weighted by Gasteiger charge is 2.30. The maximum atomic E-state index is 5.98. The molecule has 19 heavy (non-hydrogen) atoms. The Morgan fingerprint density at radius 1 is 1.00 bits per heavy atom. The van der Waals surface area contributed by atoms with Crippen molar-refractivity contribution in [2.75, 3.05) is 18.6 Å². The Labute approximate surface area is 119 Å². The van der Waals surface area contributed by atoms with Gasteiger partial charge in [-0.2, -0.15) is 0 Å². The van der Waals surface area contributed by atoms with Crippen LogP contribution in [0.15, 0.2) is 54.6 Å². The van der Waals surface area contributed by atoms with Gasteiger partial charge >= 0.3 is 0 Å². The van der Waals surface area contributed by atoms with Crippen LogP contribution in [0.1, 0.15) is 18.0 Å². The molecule has 0 N–H and O–H groups in total. The van der Waals surface area contributed by atoms with Crippen LogP contribution in [-0.4, -0.2) is 18.6 Å². The predicted octanol–water partition coefficient (Wildman–Crippen LogP) is 4.14. The highest BCUT2D eigenvalue weighted by molar-refractivity contribution is 6.30. The largest absolute Gasteiger partial charge is 0.299 e. The summed E-state index contributed by atoms with van der Waals surface area (Å²) in [5, 5.41) is 5.41. The Morgan fingerprint density at radius 3 is 2.37 bits per heavy atom. The van der Waals surface area contributed by atoms with E-state index in [0.717, 1.165) is 18.0 Å². The number of benzene rings is 2. The standard InChI is InChI=1S/C16H17ClN2/c1-18-12-11-16(13-5-3-2-4-6-13)19(18)15-9-7-14(17)8-10-15/h2-10,16H,11-12H2,1H3. The van der Waals surface area contributed by atoms with E-state index in [1.807, 2.05) is 12.1 Å². The van der Waals surface area contributed by atoms with Gasteiger partial charge in [0, 0.05) is 18.6 Å². The molecule has 0 amide bonds. The first kappa shape index (κ1) is 12.5. The van der Waals surface area contributed by atoms with E-state index < -0.39 is 0 Å². The van der Waals surface area contributed by atoms with Crippen molar-refractivity contribution in [3.63, 3.8) is 0 Å². The van der Waals surface area contributed by atoms with Crippen molar-refractivity contribution >= 4 is 17.3 Å². The summed E-state index contributed by atoms with van der Waals surface area (Å²) in [5.74, 6) is 0. The van der Waals surface area contributed by atoms with Gasteiger partial charge in [0.2, 0.25) is 0 Å². The normalized spacial score (nSPS) is 19.9. The number of hydrogen-bond donors (Lipinski definition) is 0. The highest BCUT2D eigenvalue weighted by Crippen LogP contribution is 2.36. The minimum Gasteiger partial charge on any atom is -0.299 e. The summed E-state index contributed by atoms with van der Waals surface area (Å²) in [4.78, 5) is 0. The fourth-order valence-corrected chi connectivity index (χ4v) is 2.86. The Hall–Kier alpha value is -1.51. The molecule has 2 nitrogen and oxygen atoms in total. The molecule has 0 aliphatic carbocycles. The second-order valence-electron chi connectivity index (χ2n) is 4.92. The molecule has 2 aromatic carbocycles. The van der Waals surface area contributed by atoms with E-state index in [2.05, 4.69) is 59.5 Å². The zero-order valence-corrected chi connectivity index (χ0v) is 11.7. The molecule has 3 heteroatoms. The van der Waals surface area contributed by atoms with Crippen LogP contribution in [0.2, 0.25) is 5.02 Å². The van der Waals surface area contributed by atoms with Crippen LogP contribution in [0.3, 0.4) is 0 Å². The van der Waals surface area contributed by atoms with E-state index >= 15 is 0 Å². The molecule has 2 aromatic rings. The molecule has 1 unspecified atom stereocenters. The van der Waals surface area contributed by atoms with Crippen LogP contribution in [-0.2, 0) is 0 Å². The number of anilines is 1. The highest BCUT2D eigenvalue weighted by atomic mass is 35.5. The maximum absolute atomic E-state index is 5.98. The number of nitrogens with zero attached hydrogens (tertiary/aromatic N) is 2. The molecule has 98 valence electrons. The zero-order chi connectivity index (χ0) is 13.2. The van der Waals surface area contributed by atoms with Gasteiger partial charge in [-0.1, -0.05) is 41.9 Å². The van der Waals surface area contributed by atoms with Crippen LogP contribution < -0.4 is 5.01 Å². The van der Waals surface area contributed by atoms with Crippen molar-refractivity contribution in [3.8, 4) is 0 Å². The van der Waals surface area contributed by atoms with E-state index in [-0.39, 0.29) is 0 Å². The van der Waals surface area contributed by atoms with Crippen molar-refractivity contribution in [1.29, 1.82) is 0 Å². The fraction of sp³-hybridized carbons (Fsp3) is 0.250. The summed E-state index contributed by atoms with van der Waals surface area (Å²) >= 11 is 5.98. The molecule has 0 spiro atoms. The Balaban J connectivity index is 1.95. The lowest BCUT2D eigenvalue weighted by atomic mass is 10.0. The second-order valence-corrected chi connectivity index (χ2v) is 5.35. The van der Waals surface area contributed by atoms with Gasteiger partial charge in [-0.15, -0.1) is 0 Å². The third-order valence-electron chi connectivity index (χ3n) is 3.66. The van der Waals surface area contributed by atoms with E-state index in [1.165, 1.54) is 11.3 Å². The van der Waals surface area contributed by atoms with Crippen molar-refractivity contribution in [2.45, 2.75) is 12.5 Å². The SMILES string of the molecule is CN1CCC(c2ccccc2)N1c1ccc(Cl)cc1. The van der Waals surface area contributed by atoms with Crippen LogP contribution in [0.5, 0.6) is 0 Å². The monoisotopic (exact) mass is 272 g/mol. The molecule has 0 bridgehead atoms. The molecule has 0 radical (unpaired) electrons. The van der Waals surface area contributed by atoms with Gasteiger partial charge in [0.25, 0.3) is 0 Å². The summed E-state index contributed by atoms with van der Waals surface area (Å²) in [6.45, 7) is 1.07. The number of rotatable bonds is 2. The number of hydrogen-bond acceptors (Lipinski definition) is 2. The van der Waals surface area contributed by atoms with Crippen molar-refractivity contribution in [3.05, 3.63) is 65.2 Å². The van der Waals surface area contributed by atoms with E-state index in [4.69, 9.17) is 11.6 Å². The molecule has 0 aromatic heterocycles. The van der Waals surface area contributed by atoms with Crippen LogP contribution in [0.25, 0.3) is 0 Å². The molecule has 0 saturated carbocycles. The summed E-state index contributed by atoms with van der Waals surface area (Å²) in [5.41, 5.74) is 2.56. The summed E-state index contributed by atoms with van der Waals surface area (Å²) in [6.07, 6.45) is 1.14. The first-order valence-electron chi connectivity index (χ1n) is 6.56. The predicted molar refractivity (Wildman–Crippen MR) is 80.4 cm³/mol. The van der Waals surface area contributed by atoms with Crippen LogP contribution in [0.4, 0.5) is 5.69 Å². The molecular weight excluding hydrogens is 256 g/mol. The lowest BCUT2D eigenvalue weighted by Crippen LogP contribution is -2.34. The smallest absolute Gasteiger partial charge is 0.0719 e. The van der Waals surface area contributed by atoms with Gasteiger partial charge in [0.05, 0.1) is 11.7 Å². The van der Waals surface area contributed by atoms with Gasteiger partial charge in [0.15, 0.2) is 0 Å². The Bertz CT molecular complexity index is 538. The average molecular weight is 273 g/mol. The van der Waals surface area contributed by atoms with Gasteiger partial charge < -0.3 is 0 Å². The van der Waals surface area contributed by atoms with Gasteiger partial charge in [-0.3, -0.25) is 5.01 Å². The number of hydrazine groups is 1. The quantitative estimate of drug-likeness (QED) is 0.811. The molecule has 1 saturated heterocycles. The molecule has 1 heterocycles. The average Bonchev–Trinajstić information content (AvgIpc) is 2.83. The van der Waals surface area contributed by atoms with E-state index in [0.29, 0.717) is 6.04 Å². The molecule has 1 aliphatic rings. The molecule has 1 fully saturated rings. The van der Waals surface area contributed by atoms with Crippen molar-refractivity contribution in [1.82, 2.24) is 5.01 Å². The van der Waals surface area contributed by atoms with Crippen molar-refractivity contribution in [2.24, 2.45) is 0 Å². The van der Waals surface area contributed by atoms with Crippen LogP contribution >= 0.6 is 11.6 Å². The van der Waals surface area contributed by atoms with Crippen molar-refractivity contribution < 1.29 is 0 Å². The summed E-state index contributed by atoms with van der Waals surface area (Å²) in [7, 11) is 2.14. The molecule has 1 aliphatic heterocycles. The second kappa shape index (κ2) is 5.24.